The van der Waals surface area contributed by atoms with E-state index >= 15 is 0 Å². The molecule has 9 rings (SSSR count). The van der Waals surface area contributed by atoms with Crippen LogP contribution in [0.15, 0.2) is 134 Å². The third-order valence-corrected chi connectivity index (χ3v) is 9.57. The molecule has 0 N–H and O–H groups in total. The Labute approximate surface area is 241 Å². The van der Waals surface area contributed by atoms with Crippen LogP contribution in [0.4, 0.5) is 0 Å². The minimum absolute atomic E-state index is 0.907. The van der Waals surface area contributed by atoms with Crippen LogP contribution in [0.3, 0.4) is 0 Å². The summed E-state index contributed by atoms with van der Waals surface area (Å²) in [6, 6.07) is 43.9. The number of hydrogen-bond donors (Lipinski definition) is 0. The molecule has 8 aromatic rings. The second-order valence-corrected chi connectivity index (χ2v) is 11.6. The normalized spacial score (nSPS) is 11.9. The summed E-state index contributed by atoms with van der Waals surface area (Å²) in [7, 11) is 0. The van der Waals surface area contributed by atoms with E-state index in [9.17, 15) is 0 Å². The largest absolute Gasteiger partial charge is 0.254 e. The molecule has 3 aromatic heterocycles. The molecular weight excluding hydrogens is 516 g/mol. The molecule has 1 aliphatic carbocycles. The van der Waals surface area contributed by atoms with Crippen LogP contribution in [0.5, 0.6) is 0 Å². The van der Waals surface area contributed by atoms with E-state index in [0.717, 1.165) is 22.2 Å². The van der Waals surface area contributed by atoms with Crippen LogP contribution >= 0.6 is 11.3 Å². The second-order valence-electron chi connectivity index (χ2n) is 10.6. The van der Waals surface area contributed by atoms with Crippen molar-refractivity contribution in [3.63, 3.8) is 0 Å². The van der Waals surface area contributed by atoms with E-state index in [1.54, 1.807) is 0 Å². The molecule has 2 nitrogen and oxygen atoms in total. The third-order valence-electron chi connectivity index (χ3n) is 8.35. The molecule has 0 spiro atoms. The Balaban J connectivity index is 1.38. The van der Waals surface area contributed by atoms with E-state index in [4.69, 9.17) is 9.97 Å². The molecule has 3 heteroatoms. The van der Waals surface area contributed by atoms with Crippen molar-refractivity contribution in [3.8, 4) is 55.6 Å². The summed E-state index contributed by atoms with van der Waals surface area (Å²) in [4.78, 5) is 9.69. The first kappa shape index (κ1) is 22.7. The first-order valence-corrected chi connectivity index (χ1v) is 14.6. The predicted molar refractivity (Wildman–Crippen MR) is 173 cm³/mol. The number of nitrogens with zero attached hydrogens (tertiary/aromatic N) is 2. The van der Waals surface area contributed by atoms with Crippen molar-refractivity contribution in [1.82, 2.24) is 9.97 Å². The number of benzene rings is 5. The molecule has 0 bridgehead atoms. The zero-order valence-corrected chi connectivity index (χ0v) is 22.8. The van der Waals surface area contributed by atoms with Crippen molar-refractivity contribution in [2.75, 3.05) is 0 Å². The van der Waals surface area contributed by atoms with Gasteiger partial charge in [-0.2, -0.15) is 0 Å². The first-order chi connectivity index (χ1) is 20.3. The average Bonchev–Trinajstić information content (AvgIpc) is 3.42. The van der Waals surface area contributed by atoms with Crippen LogP contribution in [0, 0.1) is 0 Å². The lowest BCUT2D eigenvalue weighted by atomic mass is 9.80. The van der Waals surface area contributed by atoms with Gasteiger partial charge in [-0.1, -0.05) is 97.1 Å². The Morgan fingerprint density at radius 1 is 0.463 bits per heavy atom. The van der Waals surface area contributed by atoms with Gasteiger partial charge in [0.2, 0.25) is 0 Å². The average molecular weight is 539 g/mol. The third kappa shape index (κ3) is 3.30. The Bertz CT molecular complexity index is 2330. The molecule has 41 heavy (non-hydrogen) atoms. The topological polar surface area (TPSA) is 25.8 Å². The SMILES string of the molecule is c1ccc2c(c1)-c1ccc(-c3cccc4c3sc3ccccc34)cc1-c1ccccc1-c1c-2cnc2cccnc12. The molecule has 190 valence electrons. The Morgan fingerprint density at radius 2 is 1.15 bits per heavy atom. The molecule has 0 unspecified atom stereocenters. The zero-order valence-electron chi connectivity index (χ0n) is 22.0. The van der Waals surface area contributed by atoms with Crippen molar-refractivity contribution in [2.45, 2.75) is 0 Å². The van der Waals surface area contributed by atoms with Crippen molar-refractivity contribution >= 4 is 42.5 Å². The quantitative estimate of drug-likeness (QED) is 0.208. The monoisotopic (exact) mass is 538 g/mol. The molecule has 1 aliphatic rings. The van der Waals surface area contributed by atoms with Gasteiger partial charge >= 0.3 is 0 Å². The fourth-order valence-corrected chi connectivity index (χ4v) is 7.77. The van der Waals surface area contributed by atoms with Crippen molar-refractivity contribution in [1.29, 1.82) is 0 Å². The highest BCUT2D eigenvalue weighted by atomic mass is 32.1. The highest BCUT2D eigenvalue weighted by molar-refractivity contribution is 7.26. The molecule has 0 fully saturated rings. The van der Waals surface area contributed by atoms with E-state index in [-0.39, 0.29) is 0 Å². The van der Waals surface area contributed by atoms with E-state index < -0.39 is 0 Å². The van der Waals surface area contributed by atoms with E-state index in [0.29, 0.717) is 0 Å². The molecule has 0 amide bonds. The minimum atomic E-state index is 0.907. The number of aromatic nitrogens is 2. The summed E-state index contributed by atoms with van der Waals surface area (Å²) in [5, 5.41) is 2.64. The van der Waals surface area contributed by atoms with Crippen molar-refractivity contribution < 1.29 is 0 Å². The number of thiophene rings is 1. The van der Waals surface area contributed by atoms with Gasteiger partial charge in [0.1, 0.15) is 0 Å². The molecular formula is C38H22N2S. The lowest BCUT2D eigenvalue weighted by Gasteiger charge is -2.24. The van der Waals surface area contributed by atoms with Crippen LogP contribution in [-0.4, -0.2) is 9.97 Å². The number of rotatable bonds is 1. The lowest BCUT2D eigenvalue weighted by molar-refractivity contribution is 1.33. The predicted octanol–water partition coefficient (Wildman–Crippen LogP) is 10.6. The van der Waals surface area contributed by atoms with Gasteiger partial charge in [0, 0.05) is 43.7 Å². The van der Waals surface area contributed by atoms with Crippen LogP contribution < -0.4 is 0 Å². The van der Waals surface area contributed by atoms with Gasteiger partial charge in [-0.3, -0.25) is 9.97 Å². The summed E-state index contributed by atoms with van der Waals surface area (Å²) < 4.78 is 2.66. The summed E-state index contributed by atoms with van der Waals surface area (Å²) in [5.41, 5.74) is 13.8. The highest BCUT2D eigenvalue weighted by Crippen LogP contribution is 2.50. The van der Waals surface area contributed by atoms with E-state index in [2.05, 4.69) is 109 Å². The summed E-state index contributed by atoms with van der Waals surface area (Å²) in [6.07, 6.45) is 3.89. The maximum atomic E-state index is 4.85. The maximum Gasteiger partial charge on any atom is 0.0971 e. The molecule has 3 heterocycles. The van der Waals surface area contributed by atoms with Gasteiger partial charge in [-0.15, -0.1) is 11.3 Å². The Kier molecular flexibility index (Phi) is 4.80. The Hall–Kier alpha value is -5.12. The van der Waals surface area contributed by atoms with Gasteiger partial charge in [0.15, 0.2) is 0 Å². The van der Waals surface area contributed by atoms with Gasteiger partial charge in [-0.05, 0) is 68.8 Å². The van der Waals surface area contributed by atoms with Gasteiger partial charge < -0.3 is 0 Å². The number of pyridine rings is 2. The van der Waals surface area contributed by atoms with E-state index in [1.165, 1.54) is 64.7 Å². The summed E-state index contributed by atoms with van der Waals surface area (Å²) in [6.45, 7) is 0. The molecule has 0 atom stereocenters. The summed E-state index contributed by atoms with van der Waals surface area (Å²) >= 11 is 1.88. The second kappa shape index (κ2) is 8.69. The number of fused-ring (bicyclic) bond motifs is 13. The molecule has 0 radical (unpaired) electrons. The standard InChI is InChI=1S/C38H22N2S/c1-2-10-26-25(9-1)28-19-18-23(24-14-7-15-31-29-12-5-6-17-35(29)41-38(24)31)21-32(28)27-11-3-4-13-30(27)36-33(26)22-40-34-16-8-20-39-37(34)36/h1-22H. The number of hydrogen-bond acceptors (Lipinski definition) is 3. The minimum Gasteiger partial charge on any atom is -0.254 e. The van der Waals surface area contributed by atoms with Crippen LogP contribution in [-0.2, 0) is 0 Å². The lowest BCUT2D eigenvalue weighted by Crippen LogP contribution is -2.00. The summed E-state index contributed by atoms with van der Waals surface area (Å²) in [5.74, 6) is 0. The maximum absolute atomic E-state index is 4.85. The van der Waals surface area contributed by atoms with Crippen LogP contribution in [0.2, 0.25) is 0 Å². The smallest absolute Gasteiger partial charge is 0.0971 e. The molecule has 0 saturated heterocycles. The van der Waals surface area contributed by atoms with Crippen LogP contribution in [0.1, 0.15) is 0 Å². The first-order valence-electron chi connectivity index (χ1n) is 13.8. The van der Waals surface area contributed by atoms with Gasteiger partial charge in [0.05, 0.1) is 11.0 Å². The Morgan fingerprint density at radius 3 is 2.02 bits per heavy atom. The molecule has 0 saturated carbocycles. The van der Waals surface area contributed by atoms with Crippen molar-refractivity contribution in [3.05, 3.63) is 134 Å². The molecule has 0 aliphatic heterocycles. The fourth-order valence-electron chi connectivity index (χ4n) is 6.53. The van der Waals surface area contributed by atoms with Crippen LogP contribution in [0.25, 0.3) is 86.8 Å². The zero-order chi connectivity index (χ0) is 26.9. The highest BCUT2D eigenvalue weighted by Gasteiger charge is 2.24. The van der Waals surface area contributed by atoms with Gasteiger partial charge in [0.25, 0.3) is 0 Å². The fraction of sp³-hybridized carbons (Fsp3) is 0. The molecule has 5 aromatic carbocycles. The van der Waals surface area contributed by atoms with Crippen molar-refractivity contribution in [2.24, 2.45) is 0 Å². The van der Waals surface area contributed by atoms with E-state index in [1.807, 2.05) is 35.9 Å². The van der Waals surface area contributed by atoms with Gasteiger partial charge in [-0.25, -0.2) is 0 Å².